The Morgan fingerprint density at radius 3 is 3.20 bits per heavy atom. The summed E-state index contributed by atoms with van der Waals surface area (Å²) >= 11 is 0. The molecular formula is C11H16N2O2. The van der Waals surface area contributed by atoms with E-state index in [2.05, 4.69) is 5.32 Å². The van der Waals surface area contributed by atoms with Gasteiger partial charge in [-0.1, -0.05) is 0 Å². The van der Waals surface area contributed by atoms with Gasteiger partial charge in [0.1, 0.15) is 6.26 Å². The van der Waals surface area contributed by atoms with E-state index in [1.165, 1.54) is 12.5 Å². The Hall–Kier alpha value is -1.29. The van der Waals surface area contributed by atoms with Gasteiger partial charge < -0.3 is 14.6 Å². The summed E-state index contributed by atoms with van der Waals surface area (Å²) in [7, 11) is 1.94. The molecule has 1 amide bonds. The first-order valence-electron chi connectivity index (χ1n) is 5.30. The third-order valence-corrected chi connectivity index (χ3v) is 2.88. The zero-order valence-electron chi connectivity index (χ0n) is 8.90. The Morgan fingerprint density at radius 1 is 1.67 bits per heavy atom. The lowest BCUT2D eigenvalue weighted by Crippen LogP contribution is -2.46. The average Bonchev–Trinajstić information content (AvgIpc) is 2.81. The maximum atomic E-state index is 12.0. The van der Waals surface area contributed by atoms with Gasteiger partial charge in [-0.15, -0.1) is 0 Å². The average molecular weight is 208 g/mol. The second-order valence-corrected chi connectivity index (χ2v) is 3.89. The van der Waals surface area contributed by atoms with Crippen LogP contribution in [0.1, 0.15) is 23.2 Å². The molecule has 82 valence electrons. The molecule has 1 N–H and O–H groups in total. The van der Waals surface area contributed by atoms with Crippen LogP contribution >= 0.6 is 0 Å². The van der Waals surface area contributed by atoms with Crippen molar-refractivity contribution in [3.8, 4) is 0 Å². The Balaban J connectivity index is 2.01. The summed E-state index contributed by atoms with van der Waals surface area (Å²) in [5, 5.41) is 3.22. The largest absolute Gasteiger partial charge is 0.472 e. The number of nitrogens with one attached hydrogen (secondary N) is 1. The van der Waals surface area contributed by atoms with Crippen molar-refractivity contribution in [3.63, 3.8) is 0 Å². The highest BCUT2D eigenvalue weighted by atomic mass is 16.3. The highest BCUT2D eigenvalue weighted by Crippen LogP contribution is 2.13. The molecule has 0 radical (unpaired) electrons. The maximum Gasteiger partial charge on any atom is 0.257 e. The number of piperidine rings is 1. The fourth-order valence-electron chi connectivity index (χ4n) is 1.97. The molecule has 0 saturated carbocycles. The molecule has 2 rings (SSSR count). The first-order chi connectivity index (χ1) is 7.31. The van der Waals surface area contributed by atoms with Gasteiger partial charge in [0, 0.05) is 19.1 Å². The van der Waals surface area contributed by atoms with Gasteiger partial charge in [-0.2, -0.15) is 0 Å². The molecule has 1 aromatic rings. The van der Waals surface area contributed by atoms with E-state index in [0.717, 1.165) is 25.9 Å². The van der Waals surface area contributed by atoms with Crippen molar-refractivity contribution in [1.29, 1.82) is 0 Å². The van der Waals surface area contributed by atoms with Gasteiger partial charge in [0.15, 0.2) is 0 Å². The van der Waals surface area contributed by atoms with E-state index >= 15 is 0 Å². The second kappa shape index (κ2) is 4.49. The van der Waals surface area contributed by atoms with Crippen LogP contribution in [0.15, 0.2) is 23.0 Å². The van der Waals surface area contributed by atoms with Crippen molar-refractivity contribution in [2.45, 2.75) is 18.9 Å². The van der Waals surface area contributed by atoms with Crippen LogP contribution in [0.25, 0.3) is 0 Å². The molecule has 1 atom stereocenters. The zero-order valence-corrected chi connectivity index (χ0v) is 8.90. The summed E-state index contributed by atoms with van der Waals surface area (Å²) in [5.74, 6) is 0.0729. The van der Waals surface area contributed by atoms with Gasteiger partial charge >= 0.3 is 0 Å². The van der Waals surface area contributed by atoms with Crippen molar-refractivity contribution >= 4 is 5.91 Å². The molecule has 1 saturated heterocycles. The van der Waals surface area contributed by atoms with Crippen molar-refractivity contribution in [2.24, 2.45) is 0 Å². The van der Waals surface area contributed by atoms with Crippen molar-refractivity contribution in [2.75, 3.05) is 20.1 Å². The highest BCUT2D eigenvalue weighted by Gasteiger charge is 2.23. The molecular weight excluding hydrogens is 192 g/mol. The van der Waals surface area contributed by atoms with Crippen molar-refractivity contribution in [3.05, 3.63) is 24.2 Å². The first kappa shape index (κ1) is 10.2. The van der Waals surface area contributed by atoms with E-state index in [1.807, 2.05) is 11.9 Å². The van der Waals surface area contributed by atoms with Gasteiger partial charge in [0.25, 0.3) is 5.91 Å². The molecule has 1 unspecified atom stereocenters. The molecule has 0 aromatic carbocycles. The third-order valence-electron chi connectivity index (χ3n) is 2.88. The molecule has 1 aromatic heterocycles. The zero-order chi connectivity index (χ0) is 10.7. The Kier molecular flexibility index (Phi) is 3.06. The molecule has 0 bridgehead atoms. The summed E-state index contributed by atoms with van der Waals surface area (Å²) in [4.78, 5) is 13.8. The quantitative estimate of drug-likeness (QED) is 0.791. The molecule has 4 nitrogen and oxygen atoms in total. The molecule has 1 fully saturated rings. The molecule has 1 aliphatic heterocycles. The van der Waals surface area contributed by atoms with Gasteiger partial charge in [-0.25, -0.2) is 0 Å². The predicted octanol–water partition coefficient (Wildman–Crippen LogP) is 1.10. The van der Waals surface area contributed by atoms with Gasteiger partial charge in [-0.05, 0) is 26.0 Å². The molecule has 0 aliphatic carbocycles. The highest BCUT2D eigenvalue weighted by molar-refractivity contribution is 5.93. The smallest absolute Gasteiger partial charge is 0.257 e. The summed E-state index contributed by atoms with van der Waals surface area (Å²) < 4.78 is 4.92. The number of amides is 1. The van der Waals surface area contributed by atoms with E-state index in [0.29, 0.717) is 11.6 Å². The topological polar surface area (TPSA) is 45.5 Å². The minimum absolute atomic E-state index is 0.0729. The fraction of sp³-hybridized carbons (Fsp3) is 0.545. The van der Waals surface area contributed by atoms with Gasteiger partial charge in [0.2, 0.25) is 0 Å². The van der Waals surface area contributed by atoms with E-state index < -0.39 is 0 Å². The van der Waals surface area contributed by atoms with Crippen LogP contribution in [0.5, 0.6) is 0 Å². The number of hydrogen-bond acceptors (Lipinski definition) is 3. The van der Waals surface area contributed by atoms with E-state index in [9.17, 15) is 4.79 Å². The lowest BCUT2D eigenvalue weighted by atomic mass is 10.1. The summed E-state index contributed by atoms with van der Waals surface area (Å²) in [5.41, 5.74) is 0.645. The van der Waals surface area contributed by atoms with Crippen LogP contribution in [-0.2, 0) is 0 Å². The minimum atomic E-state index is 0.0729. The number of likely N-dealkylation sites (tertiary alicyclic amines) is 1. The third kappa shape index (κ3) is 2.21. The standard InChI is InChI=1S/C11H16N2O2/c1-12-10-3-2-5-13(7-10)11(14)9-4-6-15-8-9/h4,6,8,10,12H,2-3,5,7H2,1H3. The number of carbonyl (C=O) groups is 1. The number of hydrogen-bond donors (Lipinski definition) is 1. The lowest BCUT2D eigenvalue weighted by Gasteiger charge is -2.32. The van der Waals surface area contributed by atoms with Crippen LogP contribution in [0.4, 0.5) is 0 Å². The van der Waals surface area contributed by atoms with Crippen LogP contribution in [-0.4, -0.2) is 37.0 Å². The summed E-state index contributed by atoms with van der Waals surface area (Å²) in [6, 6.07) is 2.14. The Bertz CT molecular complexity index is 321. The van der Waals surface area contributed by atoms with E-state index in [1.54, 1.807) is 6.07 Å². The normalized spacial score (nSPS) is 21.7. The molecule has 0 spiro atoms. The molecule has 4 heteroatoms. The lowest BCUT2D eigenvalue weighted by molar-refractivity contribution is 0.0697. The van der Waals surface area contributed by atoms with Crippen molar-refractivity contribution < 1.29 is 9.21 Å². The number of rotatable bonds is 2. The summed E-state index contributed by atoms with van der Waals surface area (Å²) in [6.45, 7) is 1.64. The number of carbonyl (C=O) groups excluding carboxylic acids is 1. The summed E-state index contributed by atoms with van der Waals surface area (Å²) in [6.07, 6.45) is 5.25. The van der Waals surface area contributed by atoms with E-state index in [4.69, 9.17) is 4.42 Å². The van der Waals surface area contributed by atoms with E-state index in [-0.39, 0.29) is 5.91 Å². The Labute approximate surface area is 89.2 Å². The predicted molar refractivity (Wildman–Crippen MR) is 56.7 cm³/mol. The maximum absolute atomic E-state index is 12.0. The SMILES string of the molecule is CNC1CCCN(C(=O)c2ccoc2)C1. The number of nitrogens with zero attached hydrogens (tertiary/aromatic N) is 1. The van der Waals surface area contributed by atoms with Crippen LogP contribution < -0.4 is 5.32 Å². The molecule has 15 heavy (non-hydrogen) atoms. The van der Waals surface area contributed by atoms with Crippen LogP contribution in [0.3, 0.4) is 0 Å². The van der Waals surface area contributed by atoms with Crippen LogP contribution in [0.2, 0.25) is 0 Å². The molecule has 2 heterocycles. The van der Waals surface area contributed by atoms with Gasteiger partial charge in [0.05, 0.1) is 11.8 Å². The second-order valence-electron chi connectivity index (χ2n) is 3.89. The van der Waals surface area contributed by atoms with Gasteiger partial charge in [-0.3, -0.25) is 4.79 Å². The number of furan rings is 1. The first-order valence-corrected chi connectivity index (χ1v) is 5.30. The Morgan fingerprint density at radius 2 is 2.53 bits per heavy atom. The fourth-order valence-corrected chi connectivity index (χ4v) is 1.97. The monoisotopic (exact) mass is 208 g/mol. The van der Waals surface area contributed by atoms with Crippen molar-refractivity contribution in [1.82, 2.24) is 10.2 Å². The van der Waals surface area contributed by atoms with Crippen LogP contribution in [0, 0.1) is 0 Å². The number of likely N-dealkylation sites (N-methyl/N-ethyl adjacent to an activating group) is 1. The minimum Gasteiger partial charge on any atom is -0.472 e. The molecule has 1 aliphatic rings.